The number of nitrogens with two attached hydrogens (primary N) is 1. The summed E-state index contributed by atoms with van der Waals surface area (Å²) in [5.41, 5.74) is 6.18. The second kappa shape index (κ2) is 5.92. The molecule has 0 bridgehead atoms. The molecule has 3 N–H and O–H groups in total. The van der Waals surface area contributed by atoms with Crippen molar-refractivity contribution in [3.63, 3.8) is 0 Å². The summed E-state index contributed by atoms with van der Waals surface area (Å²) in [6, 6.07) is 9.02. The molecular formula is C14H12BrFN2O2. The highest BCUT2D eigenvalue weighted by molar-refractivity contribution is 9.10. The van der Waals surface area contributed by atoms with E-state index in [1.807, 2.05) is 0 Å². The van der Waals surface area contributed by atoms with E-state index in [0.29, 0.717) is 21.5 Å². The standard InChI is InChI=1S/C14H12BrFN2O2/c1-20-13-5-2-8(6-10(13)15)14(19)18-9-3-4-12(17)11(16)7-9/h2-7H,17H2,1H3,(H,18,19). The topological polar surface area (TPSA) is 64.3 Å². The van der Waals surface area contributed by atoms with Gasteiger partial charge in [0.1, 0.15) is 11.6 Å². The van der Waals surface area contributed by atoms with E-state index in [2.05, 4.69) is 21.2 Å². The van der Waals surface area contributed by atoms with Crippen molar-refractivity contribution in [1.82, 2.24) is 0 Å². The van der Waals surface area contributed by atoms with Crippen molar-refractivity contribution in [3.8, 4) is 5.75 Å². The van der Waals surface area contributed by atoms with E-state index in [-0.39, 0.29) is 11.6 Å². The summed E-state index contributed by atoms with van der Waals surface area (Å²) in [6.45, 7) is 0. The maximum Gasteiger partial charge on any atom is 0.255 e. The number of ether oxygens (including phenoxy) is 1. The monoisotopic (exact) mass is 338 g/mol. The summed E-state index contributed by atoms with van der Waals surface area (Å²) in [6.07, 6.45) is 0. The Morgan fingerprint density at radius 1 is 1.30 bits per heavy atom. The van der Waals surface area contributed by atoms with Crippen LogP contribution in [0.4, 0.5) is 15.8 Å². The average Bonchev–Trinajstić information content (AvgIpc) is 2.42. The Kier molecular flexibility index (Phi) is 4.24. The minimum Gasteiger partial charge on any atom is -0.496 e. The van der Waals surface area contributed by atoms with Gasteiger partial charge in [0.05, 0.1) is 17.3 Å². The number of benzene rings is 2. The molecule has 0 saturated heterocycles. The van der Waals surface area contributed by atoms with Gasteiger partial charge in [0, 0.05) is 11.3 Å². The molecule has 0 atom stereocenters. The first-order valence-electron chi connectivity index (χ1n) is 5.71. The van der Waals surface area contributed by atoms with Crippen LogP contribution in [0.25, 0.3) is 0 Å². The number of carbonyl (C=O) groups is 1. The fourth-order valence-electron chi connectivity index (χ4n) is 1.62. The number of halogens is 2. The van der Waals surface area contributed by atoms with E-state index in [0.717, 1.165) is 0 Å². The molecule has 6 heteroatoms. The van der Waals surface area contributed by atoms with Crippen LogP contribution in [0.2, 0.25) is 0 Å². The second-order valence-electron chi connectivity index (χ2n) is 4.04. The van der Waals surface area contributed by atoms with Crippen LogP contribution in [0.15, 0.2) is 40.9 Å². The SMILES string of the molecule is COc1ccc(C(=O)Nc2ccc(N)c(F)c2)cc1Br. The molecule has 0 aliphatic carbocycles. The second-order valence-corrected chi connectivity index (χ2v) is 4.89. The number of hydrogen-bond acceptors (Lipinski definition) is 3. The van der Waals surface area contributed by atoms with Gasteiger partial charge in [-0.1, -0.05) is 0 Å². The zero-order valence-electron chi connectivity index (χ0n) is 10.6. The number of carbonyl (C=O) groups excluding carboxylic acids is 1. The van der Waals surface area contributed by atoms with E-state index < -0.39 is 5.82 Å². The lowest BCUT2D eigenvalue weighted by Gasteiger charge is -2.08. The Bertz CT molecular complexity index is 662. The molecule has 0 fully saturated rings. The van der Waals surface area contributed by atoms with Crippen LogP contribution in [-0.2, 0) is 0 Å². The van der Waals surface area contributed by atoms with E-state index in [1.54, 1.807) is 18.2 Å². The summed E-state index contributed by atoms with van der Waals surface area (Å²) < 4.78 is 19.0. The molecule has 0 heterocycles. The summed E-state index contributed by atoms with van der Waals surface area (Å²) >= 11 is 3.30. The largest absolute Gasteiger partial charge is 0.496 e. The van der Waals surface area contributed by atoms with Gasteiger partial charge in [-0.3, -0.25) is 4.79 Å². The number of anilines is 2. The lowest BCUT2D eigenvalue weighted by Crippen LogP contribution is -2.12. The maximum absolute atomic E-state index is 13.3. The molecule has 1 amide bonds. The number of rotatable bonds is 3. The smallest absolute Gasteiger partial charge is 0.255 e. The summed E-state index contributed by atoms with van der Waals surface area (Å²) in [5, 5.41) is 2.59. The highest BCUT2D eigenvalue weighted by Crippen LogP contribution is 2.26. The van der Waals surface area contributed by atoms with Crippen LogP contribution in [0, 0.1) is 5.82 Å². The Labute approximate surface area is 123 Å². The minimum atomic E-state index is -0.571. The van der Waals surface area contributed by atoms with E-state index in [1.165, 1.54) is 25.3 Å². The van der Waals surface area contributed by atoms with Crippen molar-refractivity contribution in [2.24, 2.45) is 0 Å². The molecule has 104 valence electrons. The van der Waals surface area contributed by atoms with Gasteiger partial charge < -0.3 is 15.8 Å². The van der Waals surface area contributed by atoms with Crippen molar-refractivity contribution in [3.05, 3.63) is 52.3 Å². The van der Waals surface area contributed by atoms with E-state index in [9.17, 15) is 9.18 Å². The van der Waals surface area contributed by atoms with Crippen molar-refractivity contribution in [1.29, 1.82) is 0 Å². The van der Waals surface area contributed by atoms with Crippen molar-refractivity contribution in [2.75, 3.05) is 18.2 Å². The van der Waals surface area contributed by atoms with Gasteiger partial charge in [-0.2, -0.15) is 0 Å². The highest BCUT2D eigenvalue weighted by atomic mass is 79.9. The molecular weight excluding hydrogens is 327 g/mol. The fraction of sp³-hybridized carbons (Fsp3) is 0.0714. The molecule has 0 aliphatic heterocycles. The molecule has 2 aromatic rings. The summed E-state index contributed by atoms with van der Waals surface area (Å²) in [5.74, 6) is -0.295. The zero-order valence-corrected chi connectivity index (χ0v) is 12.2. The van der Waals surface area contributed by atoms with Gasteiger partial charge in [0.25, 0.3) is 5.91 Å². The van der Waals surface area contributed by atoms with Crippen molar-refractivity contribution < 1.29 is 13.9 Å². The van der Waals surface area contributed by atoms with Gasteiger partial charge in [-0.25, -0.2) is 4.39 Å². The fourth-order valence-corrected chi connectivity index (χ4v) is 2.16. The minimum absolute atomic E-state index is 0.0372. The number of nitrogens with one attached hydrogen (secondary N) is 1. The third kappa shape index (κ3) is 3.08. The van der Waals surface area contributed by atoms with Crippen LogP contribution in [0.3, 0.4) is 0 Å². The van der Waals surface area contributed by atoms with Crippen molar-refractivity contribution in [2.45, 2.75) is 0 Å². The Morgan fingerprint density at radius 2 is 2.05 bits per heavy atom. The average molecular weight is 339 g/mol. The van der Waals surface area contributed by atoms with Gasteiger partial charge in [0.2, 0.25) is 0 Å². The molecule has 0 radical (unpaired) electrons. The molecule has 0 aromatic heterocycles. The van der Waals surface area contributed by atoms with Gasteiger partial charge >= 0.3 is 0 Å². The predicted molar refractivity (Wildman–Crippen MR) is 79.5 cm³/mol. The predicted octanol–water partition coefficient (Wildman–Crippen LogP) is 3.43. The lowest BCUT2D eigenvalue weighted by molar-refractivity contribution is 0.102. The number of amides is 1. The number of methoxy groups -OCH3 is 1. The van der Waals surface area contributed by atoms with Crippen LogP contribution >= 0.6 is 15.9 Å². The molecule has 2 rings (SSSR count). The van der Waals surface area contributed by atoms with Gasteiger partial charge in [-0.15, -0.1) is 0 Å². The normalized spacial score (nSPS) is 10.2. The maximum atomic E-state index is 13.3. The first-order valence-corrected chi connectivity index (χ1v) is 6.50. The van der Waals surface area contributed by atoms with E-state index in [4.69, 9.17) is 10.5 Å². The number of nitrogen functional groups attached to an aromatic ring is 1. The summed E-state index contributed by atoms with van der Waals surface area (Å²) in [7, 11) is 1.54. The van der Waals surface area contributed by atoms with Crippen LogP contribution in [0.5, 0.6) is 5.75 Å². The zero-order chi connectivity index (χ0) is 14.7. The Balaban J connectivity index is 2.19. The molecule has 0 unspecified atom stereocenters. The quantitative estimate of drug-likeness (QED) is 0.842. The molecule has 20 heavy (non-hydrogen) atoms. The van der Waals surface area contributed by atoms with Crippen molar-refractivity contribution >= 4 is 33.2 Å². The van der Waals surface area contributed by atoms with Crippen LogP contribution < -0.4 is 15.8 Å². The Morgan fingerprint density at radius 3 is 2.65 bits per heavy atom. The molecule has 0 spiro atoms. The third-order valence-corrected chi connectivity index (χ3v) is 3.29. The van der Waals surface area contributed by atoms with E-state index >= 15 is 0 Å². The van der Waals surface area contributed by atoms with Crippen LogP contribution in [-0.4, -0.2) is 13.0 Å². The van der Waals surface area contributed by atoms with Gasteiger partial charge in [0.15, 0.2) is 0 Å². The lowest BCUT2D eigenvalue weighted by atomic mass is 10.2. The third-order valence-electron chi connectivity index (χ3n) is 2.67. The molecule has 2 aromatic carbocycles. The first-order chi connectivity index (χ1) is 9.51. The Hall–Kier alpha value is -2.08. The number of hydrogen-bond donors (Lipinski definition) is 2. The molecule has 4 nitrogen and oxygen atoms in total. The van der Waals surface area contributed by atoms with Crippen LogP contribution in [0.1, 0.15) is 10.4 Å². The highest BCUT2D eigenvalue weighted by Gasteiger charge is 2.10. The summed E-state index contributed by atoms with van der Waals surface area (Å²) in [4.78, 5) is 12.0. The first kappa shape index (κ1) is 14.3. The van der Waals surface area contributed by atoms with Gasteiger partial charge in [-0.05, 0) is 52.3 Å². The molecule has 0 aliphatic rings. The molecule has 0 saturated carbocycles.